The Labute approximate surface area is 93.9 Å². The summed E-state index contributed by atoms with van der Waals surface area (Å²) in [5.74, 6) is -0.387. The molecule has 4 nitrogen and oxygen atoms in total. The molecule has 1 unspecified atom stereocenters. The van der Waals surface area contributed by atoms with E-state index in [1.165, 1.54) is 5.57 Å². The fraction of sp³-hybridized carbons (Fsp3) is 0.333. The minimum atomic E-state index is -0.986. The van der Waals surface area contributed by atoms with Gasteiger partial charge in [0.25, 0.3) is 0 Å². The van der Waals surface area contributed by atoms with E-state index in [9.17, 15) is 4.79 Å². The molecule has 2 rings (SSSR count). The summed E-state index contributed by atoms with van der Waals surface area (Å²) < 4.78 is 1.79. The fourth-order valence-electron chi connectivity index (χ4n) is 1.66. The first-order chi connectivity index (χ1) is 7.65. The first-order valence-electron chi connectivity index (χ1n) is 5.27. The molecule has 4 heteroatoms. The Morgan fingerprint density at radius 3 is 3.06 bits per heavy atom. The van der Waals surface area contributed by atoms with Gasteiger partial charge in [-0.05, 0) is 17.9 Å². The van der Waals surface area contributed by atoms with Gasteiger partial charge in [-0.2, -0.15) is 0 Å². The van der Waals surface area contributed by atoms with Crippen molar-refractivity contribution in [1.29, 1.82) is 0 Å². The zero-order valence-electron chi connectivity index (χ0n) is 9.13. The van der Waals surface area contributed by atoms with Crippen molar-refractivity contribution in [1.82, 2.24) is 9.55 Å². The van der Waals surface area contributed by atoms with Crippen LogP contribution < -0.4 is 0 Å². The zero-order chi connectivity index (χ0) is 11.5. The van der Waals surface area contributed by atoms with Crippen LogP contribution in [0.2, 0.25) is 0 Å². The second-order valence-corrected chi connectivity index (χ2v) is 4.09. The highest BCUT2D eigenvalue weighted by Crippen LogP contribution is 2.16. The number of rotatable bonds is 3. The lowest BCUT2D eigenvalue weighted by molar-refractivity contribution is 0.0691. The SMILES string of the molecule is CC1C=CC(Cn2cnc(C(=O)O)c2)=CC1. The molecule has 0 saturated carbocycles. The Balaban J connectivity index is 2.04. The number of carbonyl (C=O) groups is 1. The Bertz CT molecular complexity index is 457. The zero-order valence-corrected chi connectivity index (χ0v) is 9.13. The molecule has 0 aromatic carbocycles. The van der Waals surface area contributed by atoms with Crippen LogP contribution in [0.25, 0.3) is 0 Å². The van der Waals surface area contributed by atoms with E-state index in [-0.39, 0.29) is 5.69 Å². The van der Waals surface area contributed by atoms with Crippen LogP contribution in [-0.2, 0) is 6.54 Å². The summed E-state index contributed by atoms with van der Waals surface area (Å²) in [5.41, 5.74) is 1.29. The fourth-order valence-corrected chi connectivity index (χ4v) is 1.66. The number of allylic oxidation sites excluding steroid dienone is 4. The molecule has 1 aliphatic rings. The number of hydrogen-bond donors (Lipinski definition) is 1. The molecular formula is C12H14N2O2. The molecule has 1 aliphatic carbocycles. The van der Waals surface area contributed by atoms with Gasteiger partial charge in [0, 0.05) is 12.7 Å². The molecule has 0 fully saturated rings. The van der Waals surface area contributed by atoms with Gasteiger partial charge < -0.3 is 9.67 Å². The number of carboxylic acid groups (broad SMARTS) is 1. The predicted molar refractivity (Wildman–Crippen MR) is 60.2 cm³/mol. The van der Waals surface area contributed by atoms with E-state index in [2.05, 4.69) is 30.1 Å². The predicted octanol–water partition coefficient (Wildman–Crippen LogP) is 2.10. The van der Waals surface area contributed by atoms with Gasteiger partial charge in [-0.1, -0.05) is 25.2 Å². The molecule has 0 saturated heterocycles. The molecule has 1 heterocycles. The van der Waals surface area contributed by atoms with E-state index in [4.69, 9.17) is 5.11 Å². The van der Waals surface area contributed by atoms with E-state index >= 15 is 0 Å². The van der Waals surface area contributed by atoms with Crippen LogP contribution in [0.15, 0.2) is 36.3 Å². The number of aromatic nitrogens is 2. The lowest BCUT2D eigenvalue weighted by Crippen LogP contribution is -2.02. The first kappa shape index (κ1) is 10.7. The van der Waals surface area contributed by atoms with Crippen molar-refractivity contribution in [3.05, 3.63) is 42.0 Å². The van der Waals surface area contributed by atoms with Gasteiger partial charge >= 0.3 is 5.97 Å². The van der Waals surface area contributed by atoms with Crippen LogP contribution in [0.1, 0.15) is 23.8 Å². The highest BCUT2D eigenvalue weighted by molar-refractivity contribution is 5.84. The minimum Gasteiger partial charge on any atom is -0.476 e. The van der Waals surface area contributed by atoms with Crippen molar-refractivity contribution in [3.63, 3.8) is 0 Å². The summed E-state index contributed by atoms with van der Waals surface area (Å²) >= 11 is 0. The Morgan fingerprint density at radius 2 is 2.50 bits per heavy atom. The van der Waals surface area contributed by atoms with Crippen molar-refractivity contribution >= 4 is 5.97 Å². The summed E-state index contributed by atoms with van der Waals surface area (Å²) in [6.07, 6.45) is 10.6. The molecule has 16 heavy (non-hydrogen) atoms. The largest absolute Gasteiger partial charge is 0.476 e. The number of imidazole rings is 1. The summed E-state index contributed by atoms with van der Waals surface area (Å²) in [6.45, 7) is 2.85. The number of hydrogen-bond acceptors (Lipinski definition) is 2. The normalized spacial score (nSPS) is 19.6. The molecule has 1 aromatic rings. The smallest absolute Gasteiger partial charge is 0.356 e. The third-order valence-electron chi connectivity index (χ3n) is 2.61. The van der Waals surface area contributed by atoms with E-state index < -0.39 is 5.97 Å². The maximum absolute atomic E-state index is 10.6. The number of aromatic carboxylic acids is 1. The Kier molecular flexibility index (Phi) is 2.90. The lowest BCUT2D eigenvalue weighted by Gasteiger charge is -2.11. The Morgan fingerprint density at radius 1 is 1.69 bits per heavy atom. The minimum absolute atomic E-state index is 0.0914. The average Bonchev–Trinajstić information content (AvgIpc) is 2.70. The summed E-state index contributed by atoms with van der Waals surface area (Å²) in [5, 5.41) is 8.73. The van der Waals surface area contributed by atoms with Crippen molar-refractivity contribution in [2.45, 2.75) is 19.9 Å². The van der Waals surface area contributed by atoms with Gasteiger partial charge in [-0.15, -0.1) is 0 Å². The molecule has 0 bridgehead atoms. The van der Waals surface area contributed by atoms with Crippen LogP contribution in [-0.4, -0.2) is 20.6 Å². The number of nitrogens with zero attached hydrogens (tertiary/aromatic N) is 2. The summed E-state index contributed by atoms with van der Waals surface area (Å²) in [7, 11) is 0. The van der Waals surface area contributed by atoms with Crippen molar-refractivity contribution < 1.29 is 9.90 Å². The highest BCUT2D eigenvalue weighted by Gasteiger charge is 2.08. The molecule has 0 aliphatic heterocycles. The topological polar surface area (TPSA) is 55.1 Å². The third kappa shape index (κ3) is 2.39. The lowest BCUT2D eigenvalue weighted by atomic mass is 9.98. The number of carboxylic acids is 1. The monoisotopic (exact) mass is 218 g/mol. The third-order valence-corrected chi connectivity index (χ3v) is 2.61. The van der Waals surface area contributed by atoms with Crippen LogP contribution in [0.4, 0.5) is 0 Å². The molecular weight excluding hydrogens is 204 g/mol. The quantitative estimate of drug-likeness (QED) is 0.845. The second-order valence-electron chi connectivity index (χ2n) is 4.09. The van der Waals surface area contributed by atoms with E-state index in [0.29, 0.717) is 12.5 Å². The molecule has 1 aromatic heterocycles. The van der Waals surface area contributed by atoms with Gasteiger partial charge in [-0.25, -0.2) is 9.78 Å². The maximum atomic E-state index is 10.6. The van der Waals surface area contributed by atoms with Crippen LogP contribution >= 0.6 is 0 Å². The van der Waals surface area contributed by atoms with Gasteiger partial charge in [0.2, 0.25) is 0 Å². The van der Waals surface area contributed by atoms with Crippen LogP contribution in [0.3, 0.4) is 0 Å². The molecule has 1 atom stereocenters. The highest BCUT2D eigenvalue weighted by atomic mass is 16.4. The summed E-state index contributed by atoms with van der Waals surface area (Å²) in [4.78, 5) is 14.5. The van der Waals surface area contributed by atoms with Crippen molar-refractivity contribution in [2.75, 3.05) is 0 Å². The van der Waals surface area contributed by atoms with Gasteiger partial charge in [0.1, 0.15) is 0 Å². The standard InChI is InChI=1S/C12H14N2O2/c1-9-2-4-10(5-3-9)6-14-7-11(12(15)16)13-8-14/h2,4-5,7-9H,3,6H2,1H3,(H,15,16). The van der Waals surface area contributed by atoms with Gasteiger partial charge in [-0.3, -0.25) is 0 Å². The van der Waals surface area contributed by atoms with E-state index in [1.54, 1.807) is 17.1 Å². The second kappa shape index (κ2) is 4.35. The molecule has 0 spiro atoms. The first-order valence-corrected chi connectivity index (χ1v) is 5.27. The van der Waals surface area contributed by atoms with E-state index in [0.717, 1.165) is 6.42 Å². The van der Waals surface area contributed by atoms with Crippen LogP contribution in [0.5, 0.6) is 0 Å². The van der Waals surface area contributed by atoms with Gasteiger partial charge in [0.15, 0.2) is 5.69 Å². The van der Waals surface area contributed by atoms with Crippen molar-refractivity contribution in [2.24, 2.45) is 5.92 Å². The molecule has 84 valence electrons. The summed E-state index contributed by atoms with van der Waals surface area (Å²) in [6, 6.07) is 0. The average molecular weight is 218 g/mol. The van der Waals surface area contributed by atoms with Crippen LogP contribution in [0, 0.1) is 5.92 Å². The molecule has 0 radical (unpaired) electrons. The van der Waals surface area contributed by atoms with Gasteiger partial charge in [0.05, 0.1) is 6.33 Å². The van der Waals surface area contributed by atoms with Crippen molar-refractivity contribution in [3.8, 4) is 0 Å². The van der Waals surface area contributed by atoms with E-state index in [1.807, 2.05) is 0 Å². The Hall–Kier alpha value is -1.84. The molecule has 1 N–H and O–H groups in total. The maximum Gasteiger partial charge on any atom is 0.356 e. The molecule has 0 amide bonds.